The Labute approximate surface area is 80.1 Å². The van der Waals surface area contributed by atoms with Crippen molar-refractivity contribution in [3.05, 3.63) is 28.0 Å². The van der Waals surface area contributed by atoms with Crippen molar-refractivity contribution in [2.45, 2.75) is 0 Å². The molecule has 1 N–H and O–H groups in total. The van der Waals surface area contributed by atoms with Crippen LogP contribution in [-0.2, 0) is 0 Å². The number of aliphatic hydroxyl groups is 1. The second kappa shape index (κ2) is 4.32. The first-order valence-electron chi connectivity index (χ1n) is 3.15. The van der Waals surface area contributed by atoms with Crippen LogP contribution in [0.3, 0.4) is 0 Å². The summed E-state index contributed by atoms with van der Waals surface area (Å²) in [7, 11) is 0. The van der Waals surface area contributed by atoms with Gasteiger partial charge in [-0.25, -0.2) is 4.98 Å². The third-order valence-electron chi connectivity index (χ3n) is 1.11. The quantitative estimate of drug-likeness (QED) is 0.513. The van der Waals surface area contributed by atoms with Crippen LogP contribution >= 0.6 is 23.2 Å². The predicted molar refractivity (Wildman–Crippen MR) is 48.2 cm³/mol. The highest BCUT2D eigenvalue weighted by atomic mass is 35.5. The van der Waals surface area contributed by atoms with E-state index in [-0.39, 0.29) is 11.8 Å². The van der Waals surface area contributed by atoms with Crippen LogP contribution in [0.2, 0.25) is 10.2 Å². The van der Waals surface area contributed by atoms with Gasteiger partial charge >= 0.3 is 0 Å². The van der Waals surface area contributed by atoms with Crippen molar-refractivity contribution < 1.29 is 5.11 Å². The van der Waals surface area contributed by atoms with Crippen LogP contribution in [0, 0.1) is 11.8 Å². The summed E-state index contributed by atoms with van der Waals surface area (Å²) < 4.78 is 0. The Kier molecular flexibility index (Phi) is 3.36. The van der Waals surface area contributed by atoms with Crippen LogP contribution in [0.1, 0.15) is 5.56 Å². The average Bonchev–Trinajstić information content (AvgIpc) is 2.07. The van der Waals surface area contributed by atoms with Crippen LogP contribution in [0.5, 0.6) is 0 Å². The first-order valence-corrected chi connectivity index (χ1v) is 3.90. The van der Waals surface area contributed by atoms with Crippen molar-refractivity contribution in [3.8, 4) is 11.8 Å². The van der Waals surface area contributed by atoms with Gasteiger partial charge in [-0.2, -0.15) is 0 Å². The Balaban J connectivity index is 2.97. The van der Waals surface area contributed by atoms with E-state index in [0.29, 0.717) is 10.6 Å². The largest absolute Gasteiger partial charge is 0.384 e. The second-order valence-electron chi connectivity index (χ2n) is 1.96. The maximum atomic E-state index is 8.40. The first kappa shape index (κ1) is 9.34. The summed E-state index contributed by atoms with van der Waals surface area (Å²) in [5.74, 6) is 5.13. The van der Waals surface area contributed by atoms with Crippen LogP contribution < -0.4 is 0 Å². The van der Waals surface area contributed by atoms with Gasteiger partial charge in [-0.3, -0.25) is 0 Å². The fraction of sp³-hybridized carbons (Fsp3) is 0.125. The van der Waals surface area contributed by atoms with Crippen LogP contribution in [0.15, 0.2) is 12.3 Å². The number of pyridine rings is 1. The van der Waals surface area contributed by atoms with Crippen molar-refractivity contribution in [2.24, 2.45) is 0 Å². The summed E-state index contributed by atoms with van der Waals surface area (Å²) in [4.78, 5) is 3.78. The maximum absolute atomic E-state index is 8.40. The number of aromatic nitrogens is 1. The molecule has 62 valence electrons. The fourth-order valence-electron chi connectivity index (χ4n) is 0.631. The summed E-state index contributed by atoms with van der Waals surface area (Å²) in [6, 6.07) is 1.60. The Morgan fingerprint density at radius 3 is 2.83 bits per heavy atom. The van der Waals surface area contributed by atoms with E-state index in [2.05, 4.69) is 16.8 Å². The Morgan fingerprint density at radius 1 is 1.50 bits per heavy atom. The monoisotopic (exact) mass is 201 g/mol. The molecule has 0 bridgehead atoms. The van der Waals surface area contributed by atoms with E-state index >= 15 is 0 Å². The van der Waals surface area contributed by atoms with Gasteiger partial charge in [-0.05, 0) is 6.07 Å². The molecule has 1 aromatic rings. The molecule has 0 aliphatic heterocycles. The minimum absolute atomic E-state index is 0.180. The molecule has 0 aliphatic rings. The molecule has 0 amide bonds. The summed E-state index contributed by atoms with van der Waals surface area (Å²) in [5.41, 5.74) is 0.637. The highest BCUT2D eigenvalue weighted by Gasteiger charge is 1.97. The number of nitrogens with zero attached hydrogens (tertiary/aromatic N) is 1. The predicted octanol–water partition coefficient (Wildman–Crippen LogP) is 1.73. The standard InChI is InChI=1S/C8H5Cl2NO/c9-7-4-6(2-1-3-12)5-11-8(7)10/h4-5,12H,3H2. The molecule has 0 unspecified atom stereocenters. The molecule has 12 heavy (non-hydrogen) atoms. The lowest BCUT2D eigenvalue weighted by Crippen LogP contribution is -1.81. The topological polar surface area (TPSA) is 33.1 Å². The molecule has 0 spiro atoms. The van der Waals surface area contributed by atoms with Crippen molar-refractivity contribution in [3.63, 3.8) is 0 Å². The van der Waals surface area contributed by atoms with Crippen molar-refractivity contribution in [1.29, 1.82) is 0 Å². The zero-order chi connectivity index (χ0) is 8.97. The minimum Gasteiger partial charge on any atom is -0.384 e. The molecular formula is C8H5Cl2NO. The highest BCUT2D eigenvalue weighted by Crippen LogP contribution is 2.18. The van der Waals surface area contributed by atoms with Gasteiger partial charge < -0.3 is 5.11 Å². The molecule has 0 aromatic carbocycles. The van der Waals surface area contributed by atoms with E-state index in [1.165, 1.54) is 6.20 Å². The highest BCUT2D eigenvalue weighted by molar-refractivity contribution is 6.41. The molecule has 0 saturated carbocycles. The van der Waals surface area contributed by atoms with Gasteiger partial charge in [-0.1, -0.05) is 35.0 Å². The molecule has 2 nitrogen and oxygen atoms in total. The summed E-state index contributed by atoms with van der Waals surface area (Å²) in [6.45, 7) is -0.180. The lowest BCUT2D eigenvalue weighted by Gasteiger charge is -1.93. The zero-order valence-corrected chi connectivity index (χ0v) is 7.52. The van der Waals surface area contributed by atoms with Crippen LogP contribution in [-0.4, -0.2) is 16.7 Å². The van der Waals surface area contributed by atoms with Gasteiger partial charge in [0.1, 0.15) is 11.8 Å². The molecule has 0 aliphatic carbocycles. The number of rotatable bonds is 0. The Bertz CT molecular complexity index is 341. The smallest absolute Gasteiger partial charge is 0.147 e. The number of hydrogen-bond acceptors (Lipinski definition) is 2. The average molecular weight is 202 g/mol. The lowest BCUT2D eigenvalue weighted by molar-refractivity contribution is 0.350. The van der Waals surface area contributed by atoms with E-state index in [9.17, 15) is 0 Å². The molecular weight excluding hydrogens is 197 g/mol. The molecule has 4 heteroatoms. The molecule has 0 atom stereocenters. The summed E-state index contributed by atoms with van der Waals surface area (Å²) >= 11 is 11.2. The second-order valence-corrected chi connectivity index (χ2v) is 2.72. The number of aliphatic hydroxyl groups excluding tert-OH is 1. The Hall–Kier alpha value is -0.750. The van der Waals surface area contributed by atoms with Gasteiger partial charge in [0.2, 0.25) is 0 Å². The molecule has 0 fully saturated rings. The van der Waals surface area contributed by atoms with Crippen molar-refractivity contribution >= 4 is 23.2 Å². The normalized spacial score (nSPS) is 8.92. The van der Waals surface area contributed by atoms with Crippen LogP contribution in [0.4, 0.5) is 0 Å². The van der Waals surface area contributed by atoms with Crippen molar-refractivity contribution in [2.75, 3.05) is 6.61 Å². The molecule has 1 aromatic heterocycles. The van der Waals surface area contributed by atoms with Gasteiger partial charge in [0, 0.05) is 11.8 Å². The summed E-state index contributed by atoms with van der Waals surface area (Å²) in [5, 5.41) is 9.02. The Morgan fingerprint density at radius 2 is 2.25 bits per heavy atom. The molecule has 1 rings (SSSR count). The molecule has 0 radical (unpaired) electrons. The molecule has 0 saturated heterocycles. The summed E-state index contributed by atoms with van der Waals surface area (Å²) in [6.07, 6.45) is 1.50. The van der Waals surface area contributed by atoms with Crippen molar-refractivity contribution in [1.82, 2.24) is 4.98 Å². The SMILES string of the molecule is OCC#Cc1cnc(Cl)c(Cl)c1. The number of hydrogen-bond donors (Lipinski definition) is 1. The van der Waals surface area contributed by atoms with Crippen LogP contribution in [0.25, 0.3) is 0 Å². The lowest BCUT2D eigenvalue weighted by atomic mass is 10.3. The van der Waals surface area contributed by atoms with Gasteiger partial charge in [0.05, 0.1) is 5.02 Å². The van der Waals surface area contributed by atoms with E-state index in [4.69, 9.17) is 28.3 Å². The van der Waals surface area contributed by atoms with E-state index in [1.54, 1.807) is 6.07 Å². The molecule has 1 heterocycles. The third-order valence-corrected chi connectivity index (χ3v) is 1.79. The van der Waals surface area contributed by atoms with E-state index in [0.717, 1.165) is 0 Å². The third kappa shape index (κ3) is 2.38. The number of halogens is 2. The zero-order valence-electron chi connectivity index (χ0n) is 6.01. The van der Waals surface area contributed by atoms with Gasteiger partial charge in [0.25, 0.3) is 0 Å². The minimum atomic E-state index is -0.180. The first-order chi connectivity index (χ1) is 5.74. The maximum Gasteiger partial charge on any atom is 0.147 e. The van der Waals surface area contributed by atoms with E-state index in [1.807, 2.05) is 0 Å². The van der Waals surface area contributed by atoms with Gasteiger partial charge in [-0.15, -0.1) is 0 Å². The fourth-order valence-corrected chi connectivity index (χ4v) is 0.901. The van der Waals surface area contributed by atoms with E-state index < -0.39 is 0 Å². The van der Waals surface area contributed by atoms with Gasteiger partial charge in [0.15, 0.2) is 0 Å².